The largest absolute Gasteiger partial charge is 0.456 e. The van der Waals surface area contributed by atoms with Crippen molar-refractivity contribution in [2.24, 2.45) is 10.7 Å². The number of hydrogen-bond donors (Lipinski definition) is 2. The fraction of sp³-hybridized carbons (Fsp3) is 0.0455. The molecule has 4 heteroatoms. The molecule has 3 N–H and O–H groups in total. The van der Waals surface area contributed by atoms with Crippen LogP contribution in [0.2, 0.25) is 0 Å². The molecule has 5 aromatic carbocycles. The van der Waals surface area contributed by atoms with Gasteiger partial charge in [-0.25, -0.2) is 4.99 Å². The quantitative estimate of drug-likeness (QED) is 0.0955. The second-order valence-corrected chi connectivity index (χ2v) is 11.6. The van der Waals surface area contributed by atoms with E-state index in [1.807, 2.05) is 85.0 Å². The number of aliphatic imine (C=N–C) groups is 1. The SMILES string of the molecule is C=C\C=C/C=C(C)/C(C)=C(/C=C)c1cccc(-c2ccc3oc4cccc(-c5cccc(C(N)=NC(=N)c6ccccc6)c5)c4c3c2)c1. The number of nitrogens with zero attached hydrogens (tertiary/aromatic N) is 1. The molecule has 1 aromatic heterocycles. The molecule has 0 radical (unpaired) electrons. The Labute approximate surface area is 281 Å². The Morgan fingerprint density at radius 3 is 2.17 bits per heavy atom. The zero-order valence-corrected chi connectivity index (χ0v) is 27.2. The molecule has 0 aliphatic heterocycles. The Bertz CT molecular complexity index is 2310. The number of nitrogens with two attached hydrogens (primary N) is 1. The lowest BCUT2D eigenvalue weighted by atomic mass is 9.93. The third kappa shape index (κ3) is 6.51. The first-order chi connectivity index (χ1) is 23.4. The van der Waals surface area contributed by atoms with Crippen LogP contribution in [0.5, 0.6) is 0 Å². The third-order valence-corrected chi connectivity index (χ3v) is 8.54. The molecule has 0 saturated heterocycles. The van der Waals surface area contributed by atoms with Crippen LogP contribution in [-0.4, -0.2) is 11.7 Å². The van der Waals surface area contributed by atoms with Gasteiger partial charge >= 0.3 is 0 Å². The lowest BCUT2D eigenvalue weighted by Crippen LogP contribution is -2.16. The fourth-order valence-corrected chi connectivity index (χ4v) is 5.91. The molecule has 0 aliphatic rings. The van der Waals surface area contributed by atoms with E-state index in [1.165, 1.54) is 11.1 Å². The molecule has 1 heterocycles. The lowest BCUT2D eigenvalue weighted by Gasteiger charge is -2.12. The summed E-state index contributed by atoms with van der Waals surface area (Å²) in [7, 11) is 0. The second-order valence-electron chi connectivity index (χ2n) is 11.6. The molecule has 0 unspecified atom stereocenters. The van der Waals surface area contributed by atoms with E-state index in [4.69, 9.17) is 15.6 Å². The first-order valence-corrected chi connectivity index (χ1v) is 15.8. The summed E-state index contributed by atoms with van der Waals surface area (Å²) in [6.07, 6.45) is 9.71. The van der Waals surface area contributed by atoms with Crippen molar-refractivity contribution in [2.45, 2.75) is 13.8 Å². The van der Waals surface area contributed by atoms with Crippen molar-refractivity contribution in [1.29, 1.82) is 5.41 Å². The topological polar surface area (TPSA) is 75.4 Å². The van der Waals surface area contributed by atoms with Crippen molar-refractivity contribution in [3.05, 3.63) is 187 Å². The van der Waals surface area contributed by atoms with Crippen LogP contribution in [0.25, 0.3) is 49.8 Å². The van der Waals surface area contributed by atoms with Crippen LogP contribution in [0.3, 0.4) is 0 Å². The van der Waals surface area contributed by atoms with Gasteiger partial charge in [-0.05, 0) is 88.7 Å². The maximum absolute atomic E-state index is 8.42. The summed E-state index contributed by atoms with van der Waals surface area (Å²) < 4.78 is 6.35. The van der Waals surface area contributed by atoms with Gasteiger partial charge in [0, 0.05) is 21.9 Å². The molecule has 0 spiro atoms. The number of benzene rings is 5. The first-order valence-electron chi connectivity index (χ1n) is 15.8. The average Bonchev–Trinajstić information content (AvgIpc) is 3.50. The van der Waals surface area contributed by atoms with Crippen molar-refractivity contribution >= 4 is 39.2 Å². The molecule has 0 saturated carbocycles. The Morgan fingerprint density at radius 1 is 0.708 bits per heavy atom. The van der Waals surface area contributed by atoms with E-state index in [0.717, 1.165) is 60.9 Å². The van der Waals surface area contributed by atoms with Gasteiger partial charge in [0.25, 0.3) is 0 Å². The van der Waals surface area contributed by atoms with E-state index in [0.29, 0.717) is 11.4 Å². The molecule has 4 nitrogen and oxygen atoms in total. The monoisotopic (exact) mass is 623 g/mol. The molecular formula is C44H37N3O. The number of amidine groups is 2. The Hall–Kier alpha value is -6.26. The summed E-state index contributed by atoms with van der Waals surface area (Å²) in [5, 5.41) is 10.5. The molecular weight excluding hydrogens is 587 g/mol. The third-order valence-electron chi connectivity index (χ3n) is 8.54. The number of rotatable bonds is 9. The van der Waals surface area contributed by atoms with Crippen molar-refractivity contribution in [3.63, 3.8) is 0 Å². The smallest absolute Gasteiger partial charge is 0.154 e. The van der Waals surface area contributed by atoms with Crippen LogP contribution in [-0.2, 0) is 0 Å². The highest BCUT2D eigenvalue weighted by Crippen LogP contribution is 2.39. The van der Waals surface area contributed by atoms with Gasteiger partial charge in [0.1, 0.15) is 17.0 Å². The second kappa shape index (κ2) is 14.0. The van der Waals surface area contributed by atoms with E-state index in [2.05, 4.69) is 86.6 Å². The van der Waals surface area contributed by atoms with Gasteiger partial charge in [-0.3, -0.25) is 5.41 Å². The Balaban J connectivity index is 1.41. The summed E-state index contributed by atoms with van der Waals surface area (Å²) >= 11 is 0. The summed E-state index contributed by atoms with van der Waals surface area (Å²) in [5.41, 5.74) is 18.3. The van der Waals surface area contributed by atoms with Crippen LogP contribution in [0.4, 0.5) is 0 Å². The molecule has 0 fully saturated rings. The minimum atomic E-state index is 0.121. The van der Waals surface area contributed by atoms with Gasteiger partial charge in [-0.15, -0.1) is 0 Å². The van der Waals surface area contributed by atoms with E-state index in [9.17, 15) is 0 Å². The number of furan rings is 1. The Morgan fingerprint density at radius 2 is 1.40 bits per heavy atom. The summed E-state index contributed by atoms with van der Waals surface area (Å²) in [4.78, 5) is 4.40. The van der Waals surface area contributed by atoms with Crippen molar-refractivity contribution in [1.82, 2.24) is 0 Å². The molecule has 48 heavy (non-hydrogen) atoms. The zero-order valence-electron chi connectivity index (χ0n) is 27.2. The first kappa shape index (κ1) is 31.7. The molecule has 0 bridgehead atoms. The maximum atomic E-state index is 8.42. The van der Waals surface area contributed by atoms with E-state index in [-0.39, 0.29) is 5.84 Å². The summed E-state index contributed by atoms with van der Waals surface area (Å²) in [5.74, 6) is 0.412. The number of allylic oxidation sites excluding steroid dienone is 8. The van der Waals surface area contributed by atoms with Crippen molar-refractivity contribution in [3.8, 4) is 22.3 Å². The molecule has 6 rings (SSSR count). The van der Waals surface area contributed by atoms with Crippen molar-refractivity contribution < 1.29 is 4.42 Å². The van der Waals surface area contributed by atoms with Gasteiger partial charge in [-0.2, -0.15) is 0 Å². The highest BCUT2D eigenvalue weighted by Gasteiger charge is 2.15. The molecule has 234 valence electrons. The fourth-order valence-electron chi connectivity index (χ4n) is 5.91. The highest BCUT2D eigenvalue weighted by molar-refractivity contribution is 6.14. The summed E-state index contributed by atoms with van der Waals surface area (Å²) in [6.45, 7) is 12.1. The van der Waals surface area contributed by atoms with Crippen LogP contribution in [0.1, 0.15) is 30.5 Å². The average molecular weight is 624 g/mol. The number of fused-ring (bicyclic) bond motifs is 3. The normalized spacial score (nSPS) is 12.8. The number of nitrogens with one attached hydrogen (secondary N) is 1. The van der Waals surface area contributed by atoms with Crippen molar-refractivity contribution in [2.75, 3.05) is 0 Å². The lowest BCUT2D eigenvalue weighted by molar-refractivity contribution is 0.669. The van der Waals surface area contributed by atoms with E-state index < -0.39 is 0 Å². The van der Waals surface area contributed by atoms with Gasteiger partial charge in [0.05, 0.1) is 0 Å². The minimum absolute atomic E-state index is 0.121. The van der Waals surface area contributed by atoms with Crippen LogP contribution < -0.4 is 5.73 Å². The predicted octanol–water partition coefficient (Wildman–Crippen LogP) is 11.3. The maximum Gasteiger partial charge on any atom is 0.154 e. The predicted molar refractivity (Wildman–Crippen MR) is 204 cm³/mol. The highest BCUT2D eigenvalue weighted by atomic mass is 16.3. The molecule has 0 aliphatic carbocycles. The molecule has 6 aromatic rings. The Kier molecular flexibility index (Phi) is 9.26. The van der Waals surface area contributed by atoms with Gasteiger partial charge in [0.15, 0.2) is 5.84 Å². The molecule has 0 amide bonds. The van der Waals surface area contributed by atoms with Gasteiger partial charge in [-0.1, -0.05) is 128 Å². The van der Waals surface area contributed by atoms with Gasteiger partial charge < -0.3 is 10.2 Å². The minimum Gasteiger partial charge on any atom is -0.456 e. The van der Waals surface area contributed by atoms with Crippen LogP contribution in [0.15, 0.2) is 179 Å². The van der Waals surface area contributed by atoms with Gasteiger partial charge in [0.2, 0.25) is 0 Å². The standard InChI is InChI=1S/C44H37N3O/c1-5-7-9-15-29(3)30(4)37(6-2)34-19-12-18-32(26-34)33-24-25-40-39(28-33)42-38(22-14-23-41(42)48-40)35-20-13-21-36(27-35)44(46)47-43(45)31-16-10-8-11-17-31/h5-28H,1-2H2,3-4H3,(H3,45,46,47)/b9-7-,29-15+,37-30-. The van der Waals surface area contributed by atoms with Crippen LogP contribution in [0, 0.1) is 5.41 Å². The number of hydrogen-bond acceptors (Lipinski definition) is 2. The summed E-state index contributed by atoms with van der Waals surface area (Å²) in [6, 6.07) is 38.4. The van der Waals surface area contributed by atoms with E-state index >= 15 is 0 Å². The van der Waals surface area contributed by atoms with E-state index in [1.54, 1.807) is 6.08 Å². The molecule has 0 atom stereocenters. The zero-order chi connectivity index (χ0) is 33.6. The van der Waals surface area contributed by atoms with Crippen LogP contribution >= 0.6 is 0 Å².